The van der Waals surface area contributed by atoms with Gasteiger partial charge in [0.2, 0.25) is 0 Å². The second kappa shape index (κ2) is 8.63. The van der Waals surface area contributed by atoms with Crippen molar-refractivity contribution >= 4 is 28.6 Å². The van der Waals surface area contributed by atoms with Crippen LogP contribution in [0.25, 0.3) is 0 Å². The number of ether oxygens (including phenoxy) is 1. The van der Waals surface area contributed by atoms with Crippen molar-refractivity contribution in [2.45, 2.75) is 50.5 Å². The van der Waals surface area contributed by atoms with Crippen LogP contribution in [0.1, 0.15) is 36.1 Å². The highest BCUT2D eigenvalue weighted by Crippen LogP contribution is 2.32. The van der Waals surface area contributed by atoms with Gasteiger partial charge in [-0.1, -0.05) is 30.8 Å². The fourth-order valence-electron chi connectivity index (χ4n) is 2.67. The third-order valence-corrected chi connectivity index (χ3v) is 5.66. The molecule has 2 rings (SSSR count). The van der Waals surface area contributed by atoms with Crippen molar-refractivity contribution in [3.63, 3.8) is 0 Å². The highest BCUT2D eigenvalue weighted by molar-refractivity contribution is 8.13. The summed E-state index contributed by atoms with van der Waals surface area (Å²) < 4.78 is 6.13. The molecule has 0 radical (unpaired) electrons. The van der Waals surface area contributed by atoms with Crippen LogP contribution in [0.4, 0.5) is 0 Å². The van der Waals surface area contributed by atoms with Crippen molar-refractivity contribution in [2.75, 3.05) is 6.26 Å². The highest BCUT2D eigenvalue weighted by atomic mass is 32.2. The zero-order valence-electron chi connectivity index (χ0n) is 14.9. The fraction of sp³-hybridized carbons (Fsp3) is 0.350. The summed E-state index contributed by atoms with van der Waals surface area (Å²) >= 11 is 2.95. The number of carbonyl (C=O) groups is 1. The van der Waals surface area contributed by atoms with Crippen LogP contribution in [0.5, 0.6) is 5.75 Å². The van der Waals surface area contributed by atoms with E-state index < -0.39 is 0 Å². The molecule has 0 amide bonds. The minimum atomic E-state index is 0.0915. The lowest BCUT2D eigenvalue weighted by molar-refractivity contribution is -0.109. The largest absolute Gasteiger partial charge is 0.489 e. The molecule has 0 aliphatic heterocycles. The normalized spacial score (nSPS) is 10.7. The van der Waals surface area contributed by atoms with Gasteiger partial charge in [-0.05, 0) is 61.4 Å². The van der Waals surface area contributed by atoms with E-state index in [0.717, 1.165) is 33.1 Å². The molecule has 0 spiro atoms. The van der Waals surface area contributed by atoms with Crippen molar-refractivity contribution in [3.05, 3.63) is 52.6 Å². The predicted octanol–water partition coefficient (Wildman–Crippen LogP) is 5.81. The van der Waals surface area contributed by atoms with Crippen molar-refractivity contribution < 1.29 is 9.53 Å². The molecule has 0 aliphatic rings. The zero-order valence-corrected chi connectivity index (χ0v) is 16.6. The van der Waals surface area contributed by atoms with Gasteiger partial charge in [0.1, 0.15) is 12.4 Å². The van der Waals surface area contributed by atoms with Crippen LogP contribution in [0.3, 0.4) is 0 Å². The average Bonchev–Trinajstić information content (AvgIpc) is 2.55. The smallest absolute Gasteiger partial charge is 0.190 e. The van der Waals surface area contributed by atoms with Gasteiger partial charge >= 0.3 is 0 Å². The number of hydrogen-bond acceptors (Lipinski definition) is 4. The minimum absolute atomic E-state index is 0.0915. The maximum atomic E-state index is 11.5. The molecule has 0 bridgehead atoms. The number of rotatable bonds is 6. The van der Waals surface area contributed by atoms with Crippen LogP contribution in [-0.4, -0.2) is 11.4 Å². The second-order valence-corrected chi connectivity index (χ2v) is 7.78. The molecule has 0 atom stereocenters. The average molecular weight is 361 g/mol. The standard InChI is InChI=1S/C20H24O2S2/c1-6-16-10-14(3)18(11-13(16)2)22-12-17-19(23-5)8-7-9-20(17)24-15(4)21/h7-11H,6,12H2,1-5H3. The van der Waals surface area contributed by atoms with Gasteiger partial charge in [0, 0.05) is 22.3 Å². The Hall–Kier alpha value is -1.39. The van der Waals surface area contributed by atoms with Gasteiger partial charge in [-0.2, -0.15) is 0 Å². The molecule has 2 aromatic rings. The van der Waals surface area contributed by atoms with Gasteiger partial charge in [0.25, 0.3) is 0 Å². The van der Waals surface area contributed by atoms with Crippen LogP contribution in [0, 0.1) is 13.8 Å². The number of benzene rings is 2. The van der Waals surface area contributed by atoms with E-state index in [4.69, 9.17) is 4.74 Å². The highest BCUT2D eigenvalue weighted by Gasteiger charge is 2.12. The molecule has 0 N–H and O–H groups in total. The molecule has 4 heteroatoms. The number of hydrogen-bond donors (Lipinski definition) is 0. The summed E-state index contributed by atoms with van der Waals surface area (Å²) in [7, 11) is 0. The van der Waals surface area contributed by atoms with Crippen molar-refractivity contribution in [3.8, 4) is 5.75 Å². The van der Waals surface area contributed by atoms with Crippen LogP contribution >= 0.6 is 23.5 Å². The van der Waals surface area contributed by atoms with Gasteiger partial charge in [0.15, 0.2) is 5.12 Å². The lowest BCUT2D eigenvalue weighted by Crippen LogP contribution is -2.02. The molecule has 0 fully saturated rings. The fourth-order valence-corrected chi connectivity index (χ4v) is 4.11. The topological polar surface area (TPSA) is 26.3 Å². The summed E-state index contributed by atoms with van der Waals surface area (Å²) in [6, 6.07) is 10.4. The summed E-state index contributed by atoms with van der Waals surface area (Å²) in [4.78, 5) is 13.7. The van der Waals surface area contributed by atoms with E-state index >= 15 is 0 Å². The molecule has 0 unspecified atom stereocenters. The Bertz CT molecular complexity index is 739. The van der Waals surface area contributed by atoms with E-state index in [1.807, 2.05) is 18.4 Å². The second-order valence-electron chi connectivity index (χ2n) is 5.72. The Morgan fingerprint density at radius 3 is 2.46 bits per heavy atom. The molecule has 128 valence electrons. The first-order valence-electron chi connectivity index (χ1n) is 8.03. The molecule has 2 nitrogen and oxygen atoms in total. The molecule has 0 aliphatic carbocycles. The van der Waals surface area contributed by atoms with E-state index in [0.29, 0.717) is 6.61 Å². The maximum Gasteiger partial charge on any atom is 0.190 e. The third kappa shape index (κ3) is 4.58. The molecule has 0 aromatic heterocycles. The quantitative estimate of drug-likeness (QED) is 0.608. The van der Waals surface area contributed by atoms with Crippen LogP contribution in [-0.2, 0) is 17.8 Å². The van der Waals surface area contributed by atoms with E-state index in [1.54, 1.807) is 18.7 Å². The summed E-state index contributed by atoms with van der Waals surface area (Å²) in [6.45, 7) is 8.44. The van der Waals surface area contributed by atoms with Crippen molar-refractivity contribution in [2.24, 2.45) is 0 Å². The monoisotopic (exact) mass is 360 g/mol. The van der Waals surface area contributed by atoms with Crippen LogP contribution in [0.15, 0.2) is 40.1 Å². The minimum Gasteiger partial charge on any atom is -0.489 e. The summed E-state index contributed by atoms with van der Waals surface area (Å²) in [5.74, 6) is 0.916. The summed E-state index contributed by atoms with van der Waals surface area (Å²) in [5.41, 5.74) is 4.86. The van der Waals surface area contributed by atoms with E-state index in [9.17, 15) is 4.79 Å². The summed E-state index contributed by atoms with van der Waals surface area (Å²) in [5, 5.41) is 0.0915. The van der Waals surface area contributed by atoms with E-state index in [1.165, 1.54) is 22.9 Å². The van der Waals surface area contributed by atoms with Gasteiger partial charge in [-0.15, -0.1) is 11.8 Å². The lowest BCUT2D eigenvalue weighted by atomic mass is 10.0. The Kier molecular flexibility index (Phi) is 6.81. The zero-order chi connectivity index (χ0) is 17.7. The SMILES string of the molecule is CCc1cc(C)c(OCc2c(SC)cccc2SC(C)=O)cc1C. The Morgan fingerprint density at radius 1 is 1.12 bits per heavy atom. The van der Waals surface area contributed by atoms with E-state index in [-0.39, 0.29) is 5.12 Å². The maximum absolute atomic E-state index is 11.5. The Morgan fingerprint density at radius 2 is 1.83 bits per heavy atom. The van der Waals surface area contributed by atoms with Crippen molar-refractivity contribution in [1.29, 1.82) is 0 Å². The molecular formula is C20H24O2S2. The molecule has 0 saturated heterocycles. The molecule has 2 aromatic carbocycles. The first-order chi connectivity index (χ1) is 11.5. The van der Waals surface area contributed by atoms with Gasteiger partial charge in [-0.3, -0.25) is 4.79 Å². The summed E-state index contributed by atoms with van der Waals surface area (Å²) in [6.07, 6.45) is 3.08. The molecular weight excluding hydrogens is 336 g/mol. The van der Waals surface area contributed by atoms with Gasteiger partial charge in [-0.25, -0.2) is 0 Å². The number of carbonyl (C=O) groups excluding carboxylic acids is 1. The first-order valence-corrected chi connectivity index (χ1v) is 10.1. The number of aryl methyl sites for hydroxylation is 3. The molecule has 0 saturated carbocycles. The van der Waals surface area contributed by atoms with Crippen LogP contribution in [0.2, 0.25) is 0 Å². The van der Waals surface area contributed by atoms with Gasteiger partial charge < -0.3 is 4.74 Å². The predicted molar refractivity (Wildman–Crippen MR) is 104 cm³/mol. The Labute approximate surface area is 153 Å². The number of thioether (sulfide) groups is 2. The molecule has 24 heavy (non-hydrogen) atoms. The van der Waals surface area contributed by atoms with Crippen molar-refractivity contribution in [1.82, 2.24) is 0 Å². The van der Waals surface area contributed by atoms with E-state index in [2.05, 4.69) is 39.0 Å². The Balaban J connectivity index is 2.28. The van der Waals surface area contributed by atoms with Gasteiger partial charge in [0.05, 0.1) is 0 Å². The van der Waals surface area contributed by atoms with Crippen LogP contribution < -0.4 is 4.74 Å². The molecule has 0 heterocycles. The third-order valence-electron chi connectivity index (χ3n) is 3.95. The first kappa shape index (κ1) is 18.9. The lowest BCUT2D eigenvalue weighted by Gasteiger charge is -2.16.